The summed E-state index contributed by atoms with van der Waals surface area (Å²) in [4.78, 5) is 6.12. The van der Waals surface area contributed by atoms with Gasteiger partial charge in [-0.25, -0.2) is 4.98 Å². The van der Waals surface area contributed by atoms with Crippen LogP contribution >= 0.6 is 27.3 Å². The van der Waals surface area contributed by atoms with E-state index in [2.05, 4.69) is 58.6 Å². The molecule has 0 N–H and O–H groups in total. The monoisotopic (exact) mass is 437 g/mol. The quantitative estimate of drug-likeness (QED) is 0.453. The molecule has 1 aliphatic carbocycles. The Morgan fingerprint density at radius 2 is 1.96 bits per heavy atom. The zero-order valence-electron chi connectivity index (χ0n) is 15.4. The first-order valence-corrected chi connectivity index (χ1v) is 10.7. The zero-order chi connectivity index (χ0) is 19.0. The first-order valence-electron chi connectivity index (χ1n) is 9.12. The highest BCUT2D eigenvalue weighted by atomic mass is 79.9. The summed E-state index contributed by atoms with van der Waals surface area (Å²) in [5.74, 6) is 0. The number of aryl methyl sites for hydroxylation is 3. The average Bonchev–Trinajstić information content (AvgIpc) is 3.21. The normalized spacial score (nSPS) is 14.1. The molecule has 4 rings (SSSR count). The van der Waals surface area contributed by atoms with Gasteiger partial charge in [0.05, 0.1) is 11.3 Å². The second-order valence-corrected chi connectivity index (χ2v) is 8.90. The second-order valence-electron chi connectivity index (χ2n) is 6.90. The van der Waals surface area contributed by atoms with E-state index in [0.29, 0.717) is 5.57 Å². The summed E-state index contributed by atoms with van der Waals surface area (Å²) in [7, 11) is 0. The summed E-state index contributed by atoms with van der Waals surface area (Å²) in [6, 6.07) is 12.8. The minimum atomic E-state index is 0.658. The van der Waals surface area contributed by atoms with Crippen molar-refractivity contribution in [2.24, 2.45) is 0 Å². The number of benzene rings is 1. The second kappa shape index (κ2) is 7.46. The number of hydrogen-bond donors (Lipinski definition) is 0. The summed E-state index contributed by atoms with van der Waals surface area (Å²) in [6.45, 7) is 4.20. The number of nitriles is 1. The Morgan fingerprint density at radius 3 is 2.67 bits per heavy atom. The van der Waals surface area contributed by atoms with Crippen LogP contribution in [0.2, 0.25) is 0 Å². The van der Waals surface area contributed by atoms with Crippen molar-refractivity contribution in [3.8, 4) is 11.8 Å². The molecule has 0 saturated heterocycles. The average molecular weight is 438 g/mol. The Labute approximate surface area is 172 Å². The molecular weight excluding hydrogens is 418 g/mol. The Bertz CT molecular complexity index is 1040. The molecule has 0 spiro atoms. The molecular formula is C22H20BrN3S. The van der Waals surface area contributed by atoms with Gasteiger partial charge in [0.2, 0.25) is 0 Å². The maximum absolute atomic E-state index is 9.75. The van der Waals surface area contributed by atoms with Gasteiger partial charge in [0.25, 0.3) is 0 Å². The van der Waals surface area contributed by atoms with E-state index in [1.165, 1.54) is 23.4 Å². The molecule has 1 aliphatic rings. The highest BCUT2D eigenvalue weighted by molar-refractivity contribution is 9.10. The van der Waals surface area contributed by atoms with Gasteiger partial charge in [-0.05, 0) is 81.5 Å². The van der Waals surface area contributed by atoms with Crippen molar-refractivity contribution in [2.45, 2.75) is 39.5 Å². The summed E-state index contributed by atoms with van der Waals surface area (Å²) < 4.78 is 3.29. The molecule has 0 unspecified atom stereocenters. The smallest absolute Gasteiger partial charge is 0.134 e. The third-order valence-electron chi connectivity index (χ3n) is 5.05. The van der Waals surface area contributed by atoms with Crippen LogP contribution < -0.4 is 0 Å². The predicted molar refractivity (Wildman–Crippen MR) is 115 cm³/mol. The number of hydrogen-bond acceptors (Lipinski definition) is 3. The van der Waals surface area contributed by atoms with E-state index in [-0.39, 0.29) is 0 Å². The molecule has 5 heteroatoms. The third kappa shape index (κ3) is 3.52. The van der Waals surface area contributed by atoms with E-state index in [4.69, 9.17) is 4.98 Å². The van der Waals surface area contributed by atoms with Gasteiger partial charge in [0.15, 0.2) is 0 Å². The molecule has 0 aliphatic heterocycles. The van der Waals surface area contributed by atoms with E-state index < -0.39 is 0 Å². The number of allylic oxidation sites excluding steroid dienone is 1. The Balaban J connectivity index is 1.74. The van der Waals surface area contributed by atoms with Gasteiger partial charge in [-0.3, -0.25) is 0 Å². The van der Waals surface area contributed by atoms with Crippen molar-refractivity contribution >= 4 is 38.9 Å². The molecule has 2 heterocycles. The highest BCUT2D eigenvalue weighted by Gasteiger charge is 2.18. The molecule has 2 aromatic heterocycles. The number of fused-ring (bicyclic) bond motifs is 1. The van der Waals surface area contributed by atoms with E-state index in [9.17, 15) is 5.26 Å². The number of rotatable bonds is 3. The lowest BCUT2D eigenvalue weighted by atomic mass is 10.0. The van der Waals surface area contributed by atoms with Crippen LogP contribution in [-0.4, -0.2) is 9.55 Å². The lowest BCUT2D eigenvalue weighted by Crippen LogP contribution is -1.99. The molecule has 27 heavy (non-hydrogen) atoms. The van der Waals surface area contributed by atoms with Crippen LogP contribution in [0.25, 0.3) is 17.3 Å². The van der Waals surface area contributed by atoms with Crippen molar-refractivity contribution in [2.75, 3.05) is 0 Å². The van der Waals surface area contributed by atoms with Crippen LogP contribution in [0, 0.1) is 25.2 Å². The lowest BCUT2D eigenvalue weighted by molar-refractivity contribution is 0.682. The summed E-state index contributed by atoms with van der Waals surface area (Å²) in [6.07, 6.45) is 6.57. The summed E-state index contributed by atoms with van der Waals surface area (Å²) in [5, 5.41) is 10.6. The van der Waals surface area contributed by atoms with Gasteiger partial charge in [0.1, 0.15) is 11.1 Å². The van der Waals surface area contributed by atoms with Crippen LogP contribution in [0.3, 0.4) is 0 Å². The first kappa shape index (κ1) is 18.2. The largest absolute Gasteiger partial charge is 0.318 e. The fourth-order valence-electron chi connectivity index (χ4n) is 3.69. The van der Waals surface area contributed by atoms with Gasteiger partial charge in [-0.2, -0.15) is 5.26 Å². The third-order valence-corrected chi connectivity index (χ3v) is 6.77. The topological polar surface area (TPSA) is 41.6 Å². The molecule has 0 amide bonds. The van der Waals surface area contributed by atoms with Crippen molar-refractivity contribution in [1.29, 1.82) is 5.26 Å². The molecule has 3 aromatic rings. The van der Waals surface area contributed by atoms with Crippen LogP contribution in [-0.2, 0) is 12.8 Å². The molecule has 0 atom stereocenters. The molecule has 0 bridgehead atoms. The van der Waals surface area contributed by atoms with Crippen LogP contribution in [0.4, 0.5) is 0 Å². The summed E-state index contributed by atoms with van der Waals surface area (Å²) in [5.41, 5.74) is 6.32. The van der Waals surface area contributed by atoms with Crippen molar-refractivity contribution < 1.29 is 0 Å². The van der Waals surface area contributed by atoms with Crippen LogP contribution in [0.5, 0.6) is 0 Å². The maximum Gasteiger partial charge on any atom is 0.134 e. The van der Waals surface area contributed by atoms with E-state index >= 15 is 0 Å². The van der Waals surface area contributed by atoms with Gasteiger partial charge < -0.3 is 4.57 Å². The van der Waals surface area contributed by atoms with Crippen LogP contribution in [0.15, 0.2) is 34.8 Å². The van der Waals surface area contributed by atoms with Crippen molar-refractivity contribution in [3.63, 3.8) is 0 Å². The molecule has 3 nitrogen and oxygen atoms in total. The first-order chi connectivity index (χ1) is 13.1. The minimum Gasteiger partial charge on any atom is -0.318 e. The number of aromatic nitrogens is 2. The maximum atomic E-state index is 9.75. The fourth-order valence-corrected chi connectivity index (χ4v) is 5.07. The van der Waals surface area contributed by atoms with Gasteiger partial charge >= 0.3 is 0 Å². The van der Waals surface area contributed by atoms with Gasteiger partial charge in [-0.1, -0.05) is 15.9 Å². The van der Waals surface area contributed by atoms with E-state index in [1.807, 2.05) is 18.2 Å². The van der Waals surface area contributed by atoms with E-state index in [1.54, 1.807) is 11.3 Å². The summed E-state index contributed by atoms with van der Waals surface area (Å²) >= 11 is 5.18. The predicted octanol–water partition coefficient (Wildman–Crippen LogP) is 6.26. The number of thiazole rings is 1. The molecule has 136 valence electrons. The Kier molecular flexibility index (Phi) is 5.03. The standard InChI is InChI=1S/C22H20BrN3S/c1-14-11-16(15(2)26(14)19-9-7-18(23)8-10-19)12-17(13-24)22-25-20-5-3-4-6-21(20)27-22/h7-12H,3-6H2,1-2H3/b17-12+. The molecule has 0 fully saturated rings. The fraction of sp³-hybridized carbons (Fsp3) is 0.273. The SMILES string of the molecule is Cc1cc(/C=C(\C#N)c2nc3c(s2)CCCC3)c(C)n1-c1ccc(Br)cc1. The zero-order valence-corrected chi connectivity index (χ0v) is 17.8. The Hall–Kier alpha value is -2.16. The van der Waals surface area contributed by atoms with Gasteiger partial charge in [-0.15, -0.1) is 11.3 Å². The minimum absolute atomic E-state index is 0.658. The number of nitrogens with zero attached hydrogens (tertiary/aromatic N) is 3. The van der Waals surface area contributed by atoms with Crippen LogP contribution in [0.1, 0.15) is 45.4 Å². The van der Waals surface area contributed by atoms with E-state index in [0.717, 1.165) is 45.0 Å². The van der Waals surface area contributed by atoms with Gasteiger partial charge in [0, 0.05) is 26.4 Å². The van der Waals surface area contributed by atoms with Crippen molar-refractivity contribution in [3.05, 3.63) is 67.3 Å². The molecule has 1 aromatic carbocycles. The molecule has 0 radical (unpaired) electrons. The van der Waals surface area contributed by atoms with Crippen molar-refractivity contribution in [1.82, 2.24) is 9.55 Å². The highest BCUT2D eigenvalue weighted by Crippen LogP contribution is 2.32. The number of halogens is 1. The lowest BCUT2D eigenvalue weighted by Gasteiger charge is -2.09. The Morgan fingerprint density at radius 1 is 1.22 bits per heavy atom. The molecule has 0 saturated carbocycles.